The summed E-state index contributed by atoms with van der Waals surface area (Å²) in [5.41, 5.74) is 0.917. The summed E-state index contributed by atoms with van der Waals surface area (Å²) in [5.74, 6) is -0.0968. The minimum Gasteiger partial charge on any atom is -0.367 e. The number of carbonyl (C=O) groups excluding carboxylic acids is 1. The third-order valence-electron chi connectivity index (χ3n) is 4.17. The van der Waals surface area contributed by atoms with Crippen LogP contribution >= 0.6 is 12.4 Å². The number of benzene rings is 1. The fourth-order valence-electron chi connectivity index (χ4n) is 3.11. The van der Waals surface area contributed by atoms with Crippen molar-refractivity contribution in [2.45, 2.75) is 38.0 Å². The summed E-state index contributed by atoms with van der Waals surface area (Å²) in [6.07, 6.45) is 1.77. The lowest BCUT2D eigenvalue weighted by molar-refractivity contribution is -0.146. The SMILES string of the molecule is CC1CN(C(=O)C2CCCN2)CC(c2ccc(F)cc2)O1.Cl. The Balaban J connectivity index is 0.00000176. The van der Waals surface area contributed by atoms with Crippen molar-refractivity contribution in [2.75, 3.05) is 19.6 Å². The molecule has 2 aliphatic heterocycles. The Labute approximate surface area is 136 Å². The van der Waals surface area contributed by atoms with Gasteiger partial charge < -0.3 is 15.0 Å². The third-order valence-corrected chi connectivity index (χ3v) is 4.17. The van der Waals surface area contributed by atoms with E-state index in [0.717, 1.165) is 24.9 Å². The molecule has 3 atom stereocenters. The van der Waals surface area contributed by atoms with Crippen LogP contribution in [0.4, 0.5) is 4.39 Å². The number of amides is 1. The van der Waals surface area contributed by atoms with Gasteiger partial charge in [0.2, 0.25) is 5.91 Å². The molecule has 0 spiro atoms. The molecule has 4 nitrogen and oxygen atoms in total. The van der Waals surface area contributed by atoms with Gasteiger partial charge in [-0.25, -0.2) is 4.39 Å². The fraction of sp³-hybridized carbons (Fsp3) is 0.562. The molecule has 1 aromatic carbocycles. The van der Waals surface area contributed by atoms with E-state index in [1.807, 2.05) is 11.8 Å². The predicted molar refractivity (Wildman–Crippen MR) is 84.5 cm³/mol. The molecule has 1 N–H and O–H groups in total. The molecule has 2 fully saturated rings. The number of ether oxygens (including phenoxy) is 1. The summed E-state index contributed by atoms with van der Waals surface area (Å²) in [7, 11) is 0. The molecular weight excluding hydrogens is 307 g/mol. The largest absolute Gasteiger partial charge is 0.367 e. The van der Waals surface area contributed by atoms with Crippen LogP contribution in [0.3, 0.4) is 0 Å². The smallest absolute Gasteiger partial charge is 0.239 e. The minimum atomic E-state index is -0.259. The standard InChI is InChI=1S/C16H21FN2O2.ClH/c1-11-9-19(16(20)14-3-2-8-18-14)10-15(21-11)12-4-6-13(17)7-5-12;/h4-7,11,14-15,18H,2-3,8-10H2,1H3;1H. The van der Waals surface area contributed by atoms with Crippen LogP contribution in [0.2, 0.25) is 0 Å². The quantitative estimate of drug-likeness (QED) is 0.905. The minimum absolute atomic E-state index is 0. The van der Waals surface area contributed by atoms with Crippen LogP contribution in [0.15, 0.2) is 24.3 Å². The zero-order chi connectivity index (χ0) is 14.8. The highest BCUT2D eigenvalue weighted by Gasteiger charge is 2.33. The molecule has 0 aliphatic carbocycles. The van der Waals surface area contributed by atoms with Crippen molar-refractivity contribution >= 4 is 18.3 Å². The van der Waals surface area contributed by atoms with Gasteiger partial charge in [-0.15, -0.1) is 12.4 Å². The number of hydrogen-bond acceptors (Lipinski definition) is 3. The van der Waals surface area contributed by atoms with Crippen molar-refractivity contribution < 1.29 is 13.9 Å². The predicted octanol–water partition coefficient (Wildman–Crippen LogP) is 2.29. The molecule has 2 saturated heterocycles. The van der Waals surface area contributed by atoms with Gasteiger partial charge in [0.15, 0.2) is 0 Å². The topological polar surface area (TPSA) is 41.6 Å². The van der Waals surface area contributed by atoms with Crippen LogP contribution in [0, 0.1) is 5.82 Å². The van der Waals surface area contributed by atoms with Crippen LogP contribution in [-0.2, 0) is 9.53 Å². The van der Waals surface area contributed by atoms with Crippen molar-refractivity contribution in [3.63, 3.8) is 0 Å². The van der Waals surface area contributed by atoms with Crippen molar-refractivity contribution in [2.24, 2.45) is 0 Å². The molecule has 1 amide bonds. The molecule has 0 bridgehead atoms. The van der Waals surface area contributed by atoms with Gasteiger partial charge in [0, 0.05) is 6.54 Å². The van der Waals surface area contributed by atoms with Crippen LogP contribution in [0.5, 0.6) is 0 Å². The Kier molecular flexibility index (Phi) is 5.78. The summed E-state index contributed by atoms with van der Waals surface area (Å²) in [6.45, 7) is 4.04. The maximum atomic E-state index is 13.0. The number of carbonyl (C=O) groups is 1. The second-order valence-electron chi connectivity index (χ2n) is 5.88. The third kappa shape index (κ3) is 3.77. The summed E-state index contributed by atoms with van der Waals surface area (Å²) in [6, 6.07) is 6.28. The average molecular weight is 329 g/mol. The van der Waals surface area contributed by atoms with Crippen LogP contribution in [-0.4, -0.2) is 42.6 Å². The Morgan fingerprint density at radius 2 is 2.05 bits per heavy atom. The van der Waals surface area contributed by atoms with E-state index < -0.39 is 0 Å². The van der Waals surface area contributed by atoms with Gasteiger partial charge in [-0.05, 0) is 44.0 Å². The summed E-state index contributed by atoms with van der Waals surface area (Å²) in [5, 5.41) is 3.25. The molecule has 6 heteroatoms. The number of morpholine rings is 1. The lowest BCUT2D eigenvalue weighted by atomic mass is 10.1. The maximum Gasteiger partial charge on any atom is 0.239 e. The van der Waals surface area contributed by atoms with Gasteiger partial charge in [-0.2, -0.15) is 0 Å². The molecule has 2 aliphatic rings. The van der Waals surface area contributed by atoms with Crippen molar-refractivity contribution in [3.05, 3.63) is 35.6 Å². The van der Waals surface area contributed by atoms with Crippen LogP contribution in [0.1, 0.15) is 31.4 Å². The average Bonchev–Trinajstić information content (AvgIpc) is 3.00. The van der Waals surface area contributed by atoms with Crippen LogP contribution in [0.25, 0.3) is 0 Å². The van der Waals surface area contributed by atoms with Gasteiger partial charge in [0.1, 0.15) is 11.9 Å². The molecule has 2 heterocycles. The van der Waals surface area contributed by atoms with Crippen molar-refractivity contribution in [1.29, 1.82) is 0 Å². The Morgan fingerprint density at radius 1 is 1.32 bits per heavy atom. The van der Waals surface area contributed by atoms with Gasteiger partial charge in [0.25, 0.3) is 0 Å². The molecule has 22 heavy (non-hydrogen) atoms. The summed E-state index contributed by atoms with van der Waals surface area (Å²) >= 11 is 0. The summed E-state index contributed by atoms with van der Waals surface area (Å²) < 4.78 is 18.9. The zero-order valence-electron chi connectivity index (χ0n) is 12.6. The van der Waals surface area contributed by atoms with E-state index in [4.69, 9.17) is 4.74 Å². The molecular formula is C16H22ClFN2O2. The van der Waals surface area contributed by atoms with E-state index in [1.165, 1.54) is 12.1 Å². The number of hydrogen-bond donors (Lipinski definition) is 1. The number of nitrogens with one attached hydrogen (secondary N) is 1. The van der Waals surface area contributed by atoms with Crippen molar-refractivity contribution in [1.82, 2.24) is 10.2 Å². The normalized spacial score (nSPS) is 28.3. The molecule has 3 unspecified atom stereocenters. The molecule has 1 aromatic rings. The Morgan fingerprint density at radius 3 is 2.68 bits per heavy atom. The molecule has 3 rings (SSSR count). The van der Waals surface area contributed by atoms with Crippen LogP contribution < -0.4 is 5.32 Å². The second-order valence-corrected chi connectivity index (χ2v) is 5.88. The molecule has 122 valence electrons. The van der Waals surface area contributed by atoms with Crippen molar-refractivity contribution in [3.8, 4) is 0 Å². The van der Waals surface area contributed by atoms with E-state index in [1.54, 1.807) is 12.1 Å². The monoisotopic (exact) mass is 328 g/mol. The van der Waals surface area contributed by atoms with E-state index in [2.05, 4.69) is 5.32 Å². The number of nitrogens with zero attached hydrogens (tertiary/aromatic N) is 1. The highest BCUT2D eigenvalue weighted by molar-refractivity contribution is 5.85. The van der Waals surface area contributed by atoms with Gasteiger partial charge >= 0.3 is 0 Å². The van der Waals surface area contributed by atoms with E-state index in [0.29, 0.717) is 13.1 Å². The first-order valence-corrected chi connectivity index (χ1v) is 7.56. The lowest BCUT2D eigenvalue weighted by Gasteiger charge is -2.38. The maximum absolute atomic E-state index is 13.0. The second kappa shape index (κ2) is 7.40. The summed E-state index contributed by atoms with van der Waals surface area (Å²) in [4.78, 5) is 14.4. The van der Waals surface area contributed by atoms with Gasteiger partial charge in [-0.3, -0.25) is 4.79 Å². The molecule has 0 radical (unpaired) electrons. The highest BCUT2D eigenvalue weighted by Crippen LogP contribution is 2.26. The lowest BCUT2D eigenvalue weighted by Crippen LogP contribution is -2.51. The Hall–Kier alpha value is -1.17. The van der Waals surface area contributed by atoms with Gasteiger partial charge in [-0.1, -0.05) is 12.1 Å². The van der Waals surface area contributed by atoms with E-state index >= 15 is 0 Å². The number of rotatable bonds is 2. The Bertz CT molecular complexity index is 505. The first kappa shape index (κ1) is 17.2. The first-order valence-electron chi connectivity index (χ1n) is 7.56. The molecule has 0 aromatic heterocycles. The van der Waals surface area contributed by atoms with E-state index in [-0.39, 0.29) is 42.4 Å². The first-order chi connectivity index (χ1) is 10.1. The highest BCUT2D eigenvalue weighted by atomic mass is 35.5. The fourth-order valence-corrected chi connectivity index (χ4v) is 3.11. The number of halogens is 2. The molecule has 0 saturated carbocycles. The zero-order valence-corrected chi connectivity index (χ0v) is 13.4. The van der Waals surface area contributed by atoms with E-state index in [9.17, 15) is 9.18 Å². The van der Waals surface area contributed by atoms with Gasteiger partial charge in [0.05, 0.1) is 18.7 Å².